The number of amides is 2. The average Bonchev–Trinajstić information content (AvgIpc) is 3.64. The van der Waals surface area contributed by atoms with Gasteiger partial charge in [0.05, 0.1) is 13.2 Å². The zero-order chi connectivity index (χ0) is 31.2. The highest BCUT2D eigenvalue weighted by Crippen LogP contribution is 2.33. The van der Waals surface area contributed by atoms with Crippen molar-refractivity contribution < 1.29 is 14.3 Å². The highest BCUT2D eigenvalue weighted by Gasteiger charge is 2.36. The van der Waals surface area contributed by atoms with Crippen LogP contribution in [-0.2, 0) is 20.7 Å². The molecule has 1 saturated carbocycles. The van der Waals surface area contributed by atoms with Crippen LogP contribution in [0.4, 0.5) is 11.6 Å². The molecule has 3 heterocycles. The predicted molar refractivity (Wildman–Crippen MR) is 176 cm³/mol. The van der Waals surface area contributed by atoms with E-state index in [2.05, 4.69) is 35.5 Å². The lowest BCUT2D eigenvalue weighted by Crippen LogP contribution is -2.52. The maximum absolute atomic E-state index is 14.2. The second kappa shape index (κ2) is 15.2. The third kappa shape index (κ3) is 7.49. The van der Waals surface area contributed by atoms with Gasteiger partial charge >= 0.3 is 0 Å². The normalized spacial score (nSPS) is 18.8. The SMILES string of the molecule is Cl.NC[C@H]1CC[C@H](C(=O)N(c2ccc(-c3nnn[nH]3)cc2)[C@@H](Cc2cccc(-c3cnc(N4CCOCC4)nc3)c2)C(N)=O)CC1. The minimum Gasteiger partial charge on any atom is -0.378 e. The van der Waals surface area contributed by atoms with Gasteiger partial charge in [-0.2, -0.15) is 0 Å². The summed E-state index contributed by atoms with van der Waals surface area (Å²) >= 11 is 0. The Bertz CT molecular complexity index is 1570. The molecule has 46 heavy (non-hydrogen) atoms. The fourth-order valence-corrected chi connectivity index (χ4v) is 6.18. The molecule has 2 aromatic heterocycles. The van der Waals surface area contributed by atoms with Gasteiger partial charge in [-0.05, 0) is 84.0 Å². The molecule has 1 atom stereocenters. The molecule has 5 N–H and O–H groups in total. The summed E-state index contributed by atoms with van der Waals surface area (Å²) in [7, 11) is 0. The monoisotopic (exact) mass is 646 g/mol. The summed E-state index contributed by atoms with van der Waals surface area (Å²) in [5.41, 5.74) is 15.9. The number of carbonyl (C=O) groups excluding carboxylic acids is 2. The molecule has 0 unspecified atom stereocenters. The van der Waals surface area contributed by atoms with Crippen LogP contribution < -0.4 is 21.3 Å². The van der Waals surface area contributed by atoms with Crippen molar-refractivity contribution in [2.75, 3.05) is 42.6 Å². The molecule has 6 rings (SSSR count). The summed E-state index contributed by atoms with van der Waals surface area (Å²) in [6, 6.07) is 14.2. The van der Waals surface area contributed by atoms with Crippen molar-refractivity contribution in [3.05, 3.63) is 66.5 Å². The van der Waals surface area contributed by atoms with E-state index in [-0.39, 0.29) is 30.7 Å². The summed E-state index contributed by atoms with van der Waals surface area (Å²) in [5, 5.41) is 14.0. The molecular formula is C32H39ClN10O3. The topological polar surface area (TPSA) is 182 Å². The van der Waals surface area contributed by atoms with E-state index in [1.807, 2.05) is 48.8 Å². The number of hydrogen-bond donors (Lipinski definition) is 3. The van der Waals surface area contributed by atoms with E-state index in [1.54, 1.807) is 17.0 Å². The number of nitrogens with one attached hydrogen (secondary N) is 1. The van der Waals surface area contributed by atoms with Crippen LogP contribution in [0.15, 0.2) is 60.9 Å². The molecule has 14 heteroatoms. The van der Waals surface area contributed by atoms with E-state index in [9.17, 15) is 9.59 Å². The number of carbonyl (C=O) groups is 2. The fraction of sp³-hybridized carbons (Fsp3) is 0.406. The number of aromatic amines is 1. The first-order valence-electron chi connectivity index (χ1n) is 15.4. The number of hydrogen-bond acceptors (Lipinski definition) is 10. The molecule has 1 saturated heterocycles. The quantitative estimate of drug-likeness (QED) is 0.232. The first-order valence-corrected chi connectivity index (χ1v) is 15.4. The number of morpholine rings is 1. The van der Waals surface area contributed by atoms with Gasteiger partial charge in [0.15, 0.2) is 5.82 Å². The lowest BCUT2D eigenvalue weighted by Gasteiger charge is -2.35. The molecule has 2 amide bonds. The van der Waals surface area contributed by atoms with Crippen LogP contribution in [0.3, 0.4) is 0 Å². The number of rotatable bonds is 10. The Balaban J connectivity index is 0.00000417. The Kier molecular flexibility index (Phi) is 10.9. The average molecular weight is 647 g/mol. The molecule has 1 aliphatic heterocycles. The van der Waals surface area contributed by atoms with E-state index >= 15 is 0 Å². The van der Waals surface area contributed by atoms with Gasteiger partial charge in [0.1, 0.15) is 6.04 Å². The first-order chi connectivity index (χ1) is 22.0. The van der Waals surface area contributed by atoms with Crippen LogP contribution in [0.5, 0.6) is 0 Å². The van der Waals surface area contributed by atoms with Gasteiger partial charge in [-0.25, -0.2) is 15.1 Å². The Morgan fingerprint density at radius 1 is 0.978 bits per heavy atom. The number of primary amides is 1. The minimum atomic E-state index is -0.905. The molecule has 2 fully saturated rings. The maximum atomic E-state index is 14.2. The molecule has 0 radical (unpaired) electrons. The molecule has 1 aliphatic carbocycles. The van der Waals surface area contributed by atoms with E-state index in [1.165, 1.54) is 0 Å². The van der Waals surface area contributed by atoms with Crippen LogP contribution in [0, 0.1) is 11.8 Å². The highest BCUT2D eigenvalue weighted by atomic mass is 35.5. The number of nitrogens with two attached hydrogens (primary N) is 2. The summed E-state index contributed by atoms with van der Waals surface area (Å²) < 4.78 is 5.43. The second-order valence-corrected chi connectivity index (χ2v) is 11.7. The number of halogens is 1. The summed E-state index contributed by atoms with van der Waals surface area (Å²) in [4.78, 5) is 40.2. The number of nitrogens with zero attached hydrogens (tertiary/aromatic N) is 7. The Labute approximate surface area is 273 Å². The third-order valence-electron chi connectivity index (χ3n) is 8.79. The summed E-state index contributed by atoms with van der Waals surface area (Å²) in [6.07, 6.45) is 7.07. The van der Waals surface area contributed by atoms with Crippen LogP contribution >= 0.6 is 12.4 Å². The molecule has 2 aromatic carbocycles. The van der Waals surface area contributed by atoms with Gasteiger partial charge in [-0.3, -0.25) is 14.5 Å². The zero-order valence-electron chi connectivity index (χ0n) is 25.5. The van der Waals surface area contributed by atoms with Crippen molar-refractivity contribution in [2.45, 2.75) is 38.1 Å². The number of ether oxygens (including phenoxy) is 1. The Morgan fingerprint density at radius 2 is 1.70 bits per heavy atom. The van der Waals surface area contributed by atoms with E-state index in [0.717, 1.165) is 61.0 Å². The van der Waals surface area contributed by atoms with Crippen molar-refractivity contribution in [3.63, 3.8) is 0 Å². The standard InChI is InChI=1S/C32H38N10O3.ClH/c33-18-21-4-6-24(7-5-21)31(44)42(27-10-8-23(9-11-27)30-37-39-40-38-30)28(29(34)43)17-22-2-1-3-25(16-22)26-19-35-32(36-20-26)41-12-14-45-15-13-41;/h1-3,8-11,16,19-21,24,28H,4-7,12-15,17-18,33H2,(H2,34,43)(H,37,38,39,40);1H/t21-,24-,28-;/m0./s1. The highest BCUT2D eigenvalue weighted by molar-refractivity contribution is 6.01. The van der Waals surface area contributed by atoms with E-state index in [4.69, 9.17) is 16.2 Å². The van der Waals surface area contributed by atoms with E-state index < -0.39 is 11.9 Å². The molecule has 13 nitrogen and oxygen atoms in total. The molecule has 2 aliphatic rings. The van der Waals surface area contributed by atoms with Crippen LogP contribution in [0.25, 0.3) is 22.5 Å². The Hall–Kier alpha value is -4.46. The van der Waals surface area contributed by atoms with Gasteiger partial charge in [0.2, 0.25) is 17.8 Å². The van der Waals surface area contributed by atoms with Gasteiger partial charge in [0.25, 0.3) is 0 Å². The predicted octanol–water partition coefficient (Wildman–Crippen LogP) is 2.78. The van der Waals surface area contributed by atoms with Crippen LogP contribution in [0.1, 0.15) is 31.2 Å². The van der Waals surface area contributed by atoms with E-state index in [0.29, 0.717) is 43.1 Å². The lowest BCUT2D eigenvalue weighted by molar-refractivity contribution is -0.127. The fourth-order valence-electron chi connectivity index (χ4n) is 6.18. The molecular weight excluding hydrogens is 608 g/mol. The van der Waals surface area contributed by atoms with Crippen molar-refractivity contribution in [3.8, 4) is 22.5 Å². The van der Waals surface area contributed by atoms with Gasteiger partial charge in [-0.15, -0.1) is 17.5 Å². The lowest BCUT2D eigenvalue weighted by atomic mass is 9.81. The van der Waals surface area contributed by atoms with Crippen molar-refractivity contribution in [2.24, 2.45) is 23.3 Å². The van der Waals surface area contributed by atoms with Crippen LogP contribution in [0.2, 0.25) is 0 Å². The second-order valence-electron chi connectivity index (χ2n) is 11.7. The third-order valence-corrected chi connectivity index (χ3v) is 8.79. The summed E-state index contributed by atoms with van der Waals surface area (Å²) in [5.74, 6) is 0.690. The number of H-pyrrole nitrogens is 1. The molecule has 242 valence electrons. The maximum Gasteiger partial charge on any atom is 0.240 e. The zero-order valence-corrected chi connectivity index (χ0v) is 26.3. The number of tetrazole rings is 1. The molecule has 4 aromatic rings. The molecule has 0 spiro atoms. The van der Waals surface area contributed by atoms with Crippen LogP contribution in [-0.4, -0.2) is 81.3 Å². The Morgan fingerprint density at radius 3 is 2.33 bits per heavy atom. The van der Waals surface area contributed by atoms with Gasteiger partial charge in [0, 0.05) is 54.6 Å². The summed E-state index contributed by atoms with van der Waals surface area (Å²) in [6.45, 7) is 3.45. The number of aromatic nitrogens is 6. The minimum absolute atomic E-state index is 0. The van der Waals surface area contributed by atoms with Crippen molar-refractivity contribution in [1.29, 1.82) is 0 Å². The smallest absolute Gasteiger partial charge is 0.240 e. The van der Waals surface area contributed by atoms with Gasteiger partial charge in [-0.1, -0.05) is 24.3 Å². The van der Waals surface area contributed by atoms with Gasteiger partial charge < -0.3 is 21.1 Å². The number of benzene rings is 2. The van der Waals surface area contributed by atoms with Crippen molar-refractivity contribution >= 4 is 35.9 Å². The first kappa shape index (κ1) is 32.9. The van der Waals surface area contributed by atoms with Crippen molar-refractivity contribution in [1.82, 2.24) is 30.6 Å². The largest absolute Gasteiger partial charge is 0.378 e. The molecule has 0 bridgehead atoms. The number of anilines is 2.